The number of benzene rings is 2. The predicted molar refractivity (Wildman–Crippen MR) is 107 cm³/mol. The second-order valence-electron chi connectivity index (χ2n) is 6.59. The summed E-state index contributed by atoms with van der Waals surface area (Å²) in [6, 6.07) is 12.1. The Hall–Kier alpha value is -2.21. The highest BCUT2D eigenvalue weighted by atomic mass is 32.1. The number of anilines is 2. The first kappa shape index (κ1) is 18.6. The van der Waals surface area contributed by atoms with Gasteiger partial charge in [0.15, 0.2) is 16.7 Å². The zero-order chi connectivity index (χ0) is 18.5. The highest BCUT2D eigenvalue weighted by molar-refractivity contribution is 7.80. The Kier molecular flexibility index (Phi) is 6.04. The van der Waals surface area contributed by atoms with Crippen molar-refractivity contribution in [3.63, 3.8) is 0 Å². The fourth-order valence-electron chi connectivity index (χ4n) is 3.15. The maximum Gasteiger partial charge on any atom is 0.171 e. The van der Waals surface area contributed by atoms with Crippen molar-refractivity contribution in [1.29, 1.82) is 0 Å². The number of nitrogens with one attached hydrogen (secondary N) is 2. The molecule has 1 saturated heterocycles. The lowest BCUT2D eigenvalue weighted by atomic mass is 10.1. The fraction of sp³-hybridized carbons (Fsp3) is 0.350. The molecule has 2 aromatic carbocycles. The molecule has 0 amide bonds. The fourth-order valence-corrected chi connectivity index (χ4v) is 3.44. The van der Waals surface area contributed by atoms with Crippen LogP contribution in [-0.2, 0) is 0 Å². The van der Waals surface area contributed by atoms with Crippen LogP contribution in [0.25, 0.3) is 0 Å². The minimum Gasteiger partial charge on any atom is -0.372 e. The van der Waals surface area contributed by atoms with Crippen LogP contribution >= 0.6 is 12.2 Å². The first-order valence-corrected chi connectivity index (χ1v) is 9.31. The molecule has 1 fully saturated rings. The quantitative estimate of drug-likeness (QED) is 0.735. The van der Waals surface area contributed by atoms with Gasteiger partial charge in [0.05, 0.1) is 6.04 Å². The summed E-state index contributed by atoms with van der Waals surface area (Å²) < 4.78 is 26.2. The molecule has 1 heterocycles. The average Bonchev–Trinajstić information content (AvgIpc) is 2.65. The average molecular weight is 375 g/mol. The summed E-state index contributed by atoms with van der Waals surface area (Å²) >= 11 is 5.27. The molecule has 0 saturated carbocycles. The molecular weight excluding hydrogens is 352 g/mol. The van der Waals surface area contributed by atoms with Gasteiger partial charge in [0.1, 0.15) is 0 Å². The second kappa shape index (κ2) is 8.45. The lowest BCUT2D eigenvalue weighted by Crippen LogP contribution is -2.31. The number of hydrogen-bond donors (Lipinski definition) is 2. The summed E-state index contributed by atoms with van der Waals surface area (Å²) in [7, 11) is 0. The van der Waals surface area contributed by atoms with Crippen molar-refractivity contribution in [2.45, 2.75) is 32.2 Å². The number of halogens is 2. The Labute approximate surface area is 158 Å². The number of hydrogen-bond acceptors (Lipinski definition) is 2. The smallest absolute Gasteiger partial charge is 0.171 e. The van der Waals surface area contributed by atoms with Crippen molar-refractivity contribution in [2.75, 3.05) is 23.3 Å². The third-order valence-corrected chi connectivity index (χ3v) is 4.86. The Morgan fingerprint density at radius 3 is 2.35 bits per heavy atom. The van der Waals surface area contributed by atoms with E-state index in [0.29, 0.717) is 10.8 Å². The lowest BCUT2D eigenvalue weighted by molar-refractivity contribution is 0.509. The van der Waals surface area contributed by atoms with Crippen LogP contribution in [0.1, 0.15) is 37.8 Å². The van der Waals surface area contributed by atoms with E-state index in [9.17, 15) is 8.78 Å². The summed E-state index contributed by atoms with van der Waals surface area (Å²) in [6.07, 6.45) is 3.82. The molecule has 2 N–H and O–H groups in total. The summed E-state index contributed by atoms with van der Waals surface area (Å²) in [4.78, 5) is 2.42. The van der Waals surface area contributed by atoms with E-state index in [1.54, 1.807) is 0 Å². The van der Waals surface area contributed by atoms with Gasteiger partial charge in [-0.15, -0.1) is 0 Å². The molecule has 0 bridgehead atoms. The Morgan fingerprint density at radius 2 is 1.69 bits per heavy atom. The van der Waals surface area contributed by atoms with E-state index in [4.69, 9.17) is 12.2 Å². The normalized spacial score (nSPS) is 15.4. The van der Waals surface area contributed by atoms with Gasteiger partial charge in [0.2, 0.25) is 0 Å². The van der Waals surface area contributed by atoms with E-state index in [1.807, 2.05) is 6.92 Å². The molecule has 138 valence electrons. The van der Waals surface area contributed by atoms with Crippen molar-refractivity contribution in [3.05, 3.63) is 59.7 Å². The van der Waals surface area contributed by atoms with E-state index >= 15 is 0 Å². The maximum absolute atomic E-state index is 13.3. The van der Waals surface area contributed by atoms with E-state index in [0.717, 1.165) is 30.8 Å². The standard InChI is InChI=1S/C20H23F2N3S/c1-14(23-20(26)24-16-7-10-18(21)19(22)13-16)15-5-8-17(9-6-15)25-11-3-2-4-12-25/h5-10,13-14H,2-4,11-12H2,1H3,(H2,23,24,26). The minimum atomic E-state index is -0.904. The number of nitrogens with zero attached hydrogens (tertiary/aromatic N) is 1. The Morgan fingerprint density at radius 1 is 1.00 bits per heavy atom. The maximum atomic E-state index is 13.3. The van der Waals surface area contributed by atoms with E-state index in [-0.39, 0.29) is 6.04 Å². The first-order chi connectivity index (χ1) is 12.5. The van der Waals surface area contributed by atoms with E-state index < -0.39 is 11.6 Å². The summed E-state index contributed by atoms with van der Waals surface area (Å²) in [5, 5.41) is 6.41. The summed E-state index contributed by atoms with van der Waals surface area (Å²) in [5.41, 5.74) is 2.78. The molecule has 26 heavy (non-hydrogen) atoms. The van der Waals surface area contributed by atoms with Gasteiger partial charge in [-0.1, -0.05) is 12.1 Å². The van der Waals surface area contributed by atoms with Crippen molar-refractivity contribution < 1.29 is 8.78 Å². The lowest BCUT2D eigenvalue weighted by Gasteiger charge is -2.29. The number of rotatable bonds is 4. The van der Waals surface area contributed by atoms with Crippen LogP contribution < -0.4 is 15.5 Å². The molecule has 2 aromatic rings. The monoisotopic (exact) mass is 375 g/mol. The van der Waals surface area contributed by atoms with Crippen molar-refractivity contribution >= 4 is 28.7 Å². The van der Waals surface area contributed by atoms with Gasteiger partial charge in [0.25, 0.3) is 0 Å². The molecule has 6 heteroatoms. The van der Waals surface area contributed by atoms with Crippen LogP contribution in [0.3, 0.4) is 0 Å². The molecule has 1 atom stereocenters. The highest BCUT2D eigenvalue weighted by Gasteiger charge is 2.12. The third kappa shape index (κ3) is 4.69. The van der Waals surface area contributed by atoms with Crippen molar-refractivity contribution in [3.8, 4) is 0 Å². The minimum absolute atomic E-state index is 0.00398. The number of piperidine rings is 1. The van der Waals surface area contributed by atoms with Gasteiger partial charge in [-0.3, -0.25) is 0 Å². The van der Waals surface area contributed by atoms with Gasteiger partial charge in [-0.05, 0) is 68.2 Å². The van der Waals surface area contributed by atoms with Crippen LogP contribution in [0.4, 0.5) is 20.2 Å². The molecular formula is C20H23F2N3S. The van der Waals surface area contributed by atoms with Crippen LogP contribution in [0.15, 0.2) is 42.5 Å². The van der Waals surface area contributed by atoms with Crippen molar-refractivity contribution in [1.82, 2.24) is 5.32 Å². The molecule has 0 aliphatic carbocycles. The van der Waals surface area contributed by atoms with E-state index in [1.165, 1.54) is 31.0 Å². The van der Waals surface area contributed by atoms with Crippen LogP contribution in [-0.4, -0.2) is 18.2 Å². The third-order valence-electron chi connectivity index (χ3n) is 4.64. The van der Waals surface area contributed by atoms with Gasteiger partial charge in [-0.2, -0.15) is 0 Å². The van der Waals surface area contributed by atoms with Gasteiger partial charge in [-0.25, -0.2) is 8.78 Å². The molecule has 0 radical (unpaired) electrons. The van der Waals surface area contributed by atoms with Crippen LogP contribution in [0, 0.1) is 11.6 Å². The highest BCUT2D eigenvalue weighted by Crippen LogP contribution is 2.22. The Balaban J connectivity index is 1.57. The molecule has 1 unspecified atom stereocenters. The first-order valence-electron chi connectivity index (χ1n) is 8.90. The molecule has 1 aliphatic heterocycles. The largest absolute Gasteiger partial charge is 0.372 e. The molecule has 3 nitrogen and oxygen atoms in total. The summed E-state index contributed by atoms with van der Waals surface area (Å²) in [6.45, 7) is 4.25. The molecule has 3 rings (SSSR count). The molecule has 1 aliphatic rings. The molecule has 0 spiro atoms. The Bertz CT molecular complexity index is 758. The van der Waals surface area contributed by atoms with E-state index in [2.05, 4.69) is 39.8 Å². The summed E-state index contributed by atoms with van der Waals surface area (Å²) in [5.74, 6) is -1.78. The topological polar surface area (TPSA) is 27.3 Å². The van der Waals surface area contributed by atoms with Crippen molar-refractivity contribution in [2.24, 2.45) is 0 Å². The zero-order valence-electron chi connectivity index (χ0n) is 14.8. The molecule has 0 aromatic heterocycles. The SMILES string of the molecule is CC(NC(=S)Nc1ccc(F)c(F)c1)c1ccc(N2CCCCC2)cc1. The van der Waals surface area contributed by atoms with Gasteiger partial charge < -0.3 is 15.5 Å². The second-order valence-corrected chi connectivity index (χ2v) is 7.00. The van der Waals surface area contributed by atoms with Crippen LogP contribution in [0.5, 0.6) is 0 Å². The van der Waals surface area contributed by atoms with Crippen LogP contribution in [0.2, 0.25) is 0 Å². The number of thiocarbonyl (C=S) groups is 1. The van der Waals surface area contributed by atoms with Gasteiger partial charge >= 0.3 is 0 Å². The van der Waals surface area contributed by atoms with Gasteiger partial charge in [0, 0.05) is 30.5 Å². The zero-order valence-corrected chi connectivity index (χ0v) is 15.6. The predicted octanol–water partition coefficient (Wildman–Crippen LogP) is 5.00.